The monoisotopic (exact) mass is 375 g/mol. The number of hydrogen-bond donors (Lipinski definition) is 1. The molecule has 0 amide bonds. The van der Waals surface area contributed by atoms with Crippen molar-refractivity contribution in [2.75, 3.05) is 31.1 Å². The van der Waals surface area contributed by atoms with Crippen molar-refractivity contribution in [3.8, 4) is 0 Å². The van der Waals surface area contributed by atoms with Gasteiger partial charge in [-0.25, -0.2) is 9.07 Å². The zero-order valence-electron chi connectivity index (χ0n) is 17.1. The summed E-state index contributed by atoms with van der Waals surface area (Å²) in [5.41, 5.74) is 0.995. The smallest absolute Gasteiger partial charge is 0.210 e. The summed E-state index contributed by atoms with van der Waals surface area (Å²) in [6, 6.07) is 7.06. The van der Waals surface area contributed by atoms with Gasteiger partial charge in [-0.1, -0.05) is 20.8 Å². The van der Waals surface area contributed by atoms with Crippen molar-refractivity contribution in [2.24, 2.45) is 5.92 Å². The highest BCUT2D eigenvalue weighted by molar-refractivity contribution is 5.46. The fourth-order valence-electron chi connectivity index (χ4n) is 3.94. The summed E-state index contributed by atoms with van der Waals surface area (Å²) in [6.45, 7) is 15.0. The summed E-state index contributed by atoms with van der Waals surface area (Å²) < 4.78 is 15.2. The van der Waals surface area contributed by atoms with Gasteiger partial charge in [0.05, 0.1) is 31.7 Å². The van der Waals surface area contributed by atoms with Gasteiger partial charge in [0, 0.05) is 11.6 Å². The molecule has 1 atom stereocenters. The molecule has 0 aliphatic carbocycles. The summed E-state index contributed by atoms with van der Waals surface area (Å²) in [5.74, 6) is 1.24. The molecule has 1 aliphatic heterocycles. The first kappa shape index (κ1) is 19.7. The number of piperazine rings is 1. The Bertz CT molecular complexity index is 731. The van der Waals surface area contributed by atoms with Crippen LogP contribution in [-0.4, -0.2) is 46.4 Å². The molecule has 27 heavy (non-hydrogen) atoms. The molecule has 1 fully saturated rings. The molecule has 0 bridgehead atoms. The third-order valence-corrected chi connectivity index (χ3v) is 5.91. The molecule has 0 spiro atoms. The fourth-order valence-corrected chi connectivity index (χ4v) is 3.94. The zero-order chi connectivity index (χ0) is 19.6. The number of tetrazole rings is 1. The van der Waals surface area contributed by atoms with E-state index >= 15 is 0 Å². The van der Waals surface area contributed by atoms with E-state index in [-0.39, 0.29) is 17.4 Å². The first-order valence-corrected chi connectivity index (χ1v) is 9.97. The Kier molecular flexibility index (Phi) is 5.79. The van der Waals surface area contributed by atoms with Crippen LogP contribution in [0.25, 0.3) is 0 Å². The molecular formula is C20H32FN6+. The minimum absolute atomic E-state index is 0.0959. The van der Waals surface area contributed by atoms with E-state index in [9.17, 15) is 4.39 Å². The average Bonchev–Trinajstić information content (AvgIpc) is 3.13. The molecule has 1 aromatic carbocycles. The lowest BCUT2D eigenvalue weighted by atomic mass is 9.97. The SMILES string of the molecule is CCC(C)(C)n1nnnc1[C@@H](C(C)C)[NH+]1CCN(c2ccc(F)cc2)CC1. The van der Waals surface area contributed by atoms with E-state index in [4.69, 9.17) is 0 Å². The van der Waals surface area contributed by atoms with Crippen LogP contribution in [0.15, 0.2) is 24.3 Å². The van der Waals surface area contributed by atoms with Crippen LogP contribution in [-0.2, 0) is 5.54 Å². The second-order valence-corrected chi connectivity index (χ2v) is 8.46. The van der Waals surface area contributed by atoms with Crippen LogP contribution >= 0.6 is 0 Å². The minimum atomic E-state index is -0.187. The number of hydrogen-bond acceptors (Lipinski definition) is 4. The highest BCUT2D eigenvalue weighted by Crippen LogP contribution is 2.25. The van der Waals surface area contributed by atoms with E-state index < -0.39 is 0 Å². The summed E-state index contributed by atoms with van der Waals surface area (Å²) in [7, 11) is 0. The number of nitrogens with zero attached hydrogens (tertiary/aromatic N) is 5. The first-order chi connectivity index (χ1) is 12.8. The molecule has 0 radical (unpaired) electrons. The van der Waals surface area contributed by atoms with Crippen molar-refractivity contribution >= 4 is 5.69 Å². The topological polar surface area (TPSA) is 51.3 Å². The molecule has 0 saturated carbocycles. The highest BCUT2D eigenvalue weighted by atomic mass is 19.1. The quantitative estimate of drug-likeness (QED) is 0.840. The van der Waals surface area contributed by atoms with Crippen LogP contribution in [0.4, 0.5) is 10.1 Å². The van der Waals surface area contributed by atoms with Crippen molar-refractivity contribution in [2.45, 2.75) is 52.6 Å². The van der Waals surface area contributed by atoms with E-state index in [0.717, 1.165) is 44.1 Å². The number of anilines is 1. The number of quaternary nitrogens is 1. The molecule has 148 valence electrons. The average molecular weight is 376 g/mol. The Labute approximate surface area is 161 Å². The maximum atomic E-state index is 13.2. The molecule has 2 heterocycles. The van der Waals surface area contributed by atoms with Crippen molar-refractivity contribution in [3.63, 3.8) is 0 Å². The van der Waals surface area contributed by atoms with E-state index in [0.29, 0.717) is 5.92 Å². The van der Waals surface area contributed by atoms with Crippen LogP contribution < -0.4 is 9.80 Å². The molecular weight excluding hydrogens is 343 g/mol. The lowest BCUT2D eigenvalue weighted by Gasteiger charge is -2.39. The maximum Gasteiger partial charge on any atom is 0.210 e. The zero-order valence-corrected chi connectivity index (χ0v) is 17.1. The normalized spacial score (nSPS) is 17.5. The Morgan fingerprint density at radius 2 is 1.78 bits per heavy atom. The van der Waals surface area contributed by atoms with Gasteiger partial charge in [0.15, 0.2) is 6.04 Å². The van der Waals surface area contributed by atoms with E-state index in [1.807, 2.05) is 16.8 Å². The van der Waals surface area contributed by atoms with Gasteiger partial charge in [-0.15, -0.1) is 5.10 Å². The molecule has 1 N–H and O–H groups in total. The summed E-state index contributed by atoms with van der Waals surface area (Å²) in [5, 5.41) is 12.8. The van der Waals surface area contributed by atoms with Crippen molar-refractivity contribution in [1.29, 1.82) is 0 Å². The second kappa shape index (κ2) is 7.92. The van der Waals surface area contributed by atoms with Gasteiger partial charge < -0.3 is 9.80 Å². The Hall–Kier alpha value is -2.02. The minimum Gasteiger partial charge on any atom is -0.360 e. The number of halogens is 1. The van der Waals surface area contributed by atoms with Gasteiger partial charge in [0.1, 0.15) is 5.82 Å². The van der Waals surface area contributed by atoms with Gasteiger partial charge in [-0.2, -0.15) is 0 Å². The predicted octanol–water partition coefficient (Wildman–Crippen LogP) is 2.06. The van der Waals surface area contributed by atoms with E-state index in [1.165, 1.54) is 17.0 Å². The molecule has 1 aromatic heterocycles. The van der Waals surface area contributed by atoms with E-state index in [1.54, 1.807) is 0 Å². The highest BCUT2D eigenvalue weighted by Gasteiger charge is 2.37. The standard InChI is InChI=1S/C20H31FN6/c1-6-20(4,5)27-19(22-23-24-27)18(15(2)3)26-13-11-25(12-14-26)17-9-7-16(21)8-10-17/h7-10,15,18H,6,11-14H2,1-5H3/p+1/t18-/m1/s1. The Morgan fingerprint density at radius 3 is 2.33 bits per heavy atom. The molecule has 2 aromatic rings. The number of nitrogens with one attached hydrogen (secondary N) is 1. The van der Waals surface area contributed by atoms with Crippen LogP contribution in [0.3, 0.4) is 0 Å². The van der Waals surface area contributed by atoms with Crippen molar-refractivity contribution in [3.05, 3.63) is 35.9 Å². The van der Waals surface area contributed by atoms with Gasteiger partial charge >= 0.3 is 0 Å². The van der Waals surface area contributed by atoms with Crippen molar-refractivity contribution in [1.82, 2.24) is 20.2 Å². The van der Waals surface area contributed by atoms with Crippen LogP contribution in [0, 0.1) is 11.7 Å². The predicted molar refractivity (Wildman–Crippen MR) is 104 cm³/mol. The molecule has 1 aliphatic rings. The third kappa shape index (κ3) is 4.13. The van der Waals surface area contributed by atoms with Gasteiger partial charge in [-0.3, -0.25) is 0 Å². The van der Waals surface area contributed by atoms with E-state index in [2.05, 4.69) is 55.0 Å². The van der Waals surface area contributed by atoms with Crippen LogP contribution in [0.1, 0.15) is 52.9 Å². The molecule has 3 rings (SSSR count). The number of benzene rings is 1. The lowest BCUT2D eigenvalue weighted by Crippen LogP contribution is -3.15. The molecule has 1 saturated heterocycles. The number of rotatable bonds is 6. The van der Waals surface area contributed by atoms with Gasteiger partial charge in [0.2, 0.25) is 5.82 Å². The summed E-state index contributed by atoms with van der Waals surface area (Å²) in [6.07, 6.45) is 0.976. The molecule has 6 nitrogen and oxygen atoms in total. The van der Waals surface area contributed by atoms with Crippen LogP contribution in [0.5, 0.6) is 0 Å². The fraction of sp³-hybridized carbons (Fsp3) is 0.650. The van der Waals surface area contributed by atoms with Gasteiger partial charge in [-0.05, 0) is 55.0 Å². The van der Waals surface area contributed by atoms with Crippen molar-refractivity contribution < 1.29 is 9.29 Å². The summed E-state index contributed by atoms with van der Waals surface area (Å²) >= 11 is 0. The summed E-state index contributed by atoms with van der Waals surface area (Å²) in [4.78, 5) is 3.85. The second-order valence-electron chi connectivity index (χ2n) is 8.46. The first-order valence-electron chi connectivity index (χ1n) is 9.97. The maximum absolute atomic E-state index is 13.2. The molecule has 7 heteroatoms. The third-order valence-electron chi connectivity index (χ3n) is 5.91. The largest absolute Gasteiger partial charge is 0.360 e. The lowest BCUT2D eigenvalue weighted by molar-refractivity contribution is -0.937. The van der Waals surface area contributed by atoms with Crippen LogP contribution in [0.2, 0.25) is 0 Å². The number of aromatic nitrogens is 4. The van der Waals surface area contributed by atoms with Gasteiger partial charge in [0.25, 0.3) is 0 Å². The Balaban J connectivity index is 1.77. The molecule has 0 unspecified atom stereocenters. The Morgan fingerprint density at radius 1 is 1.15 bits per heavy atom.